The first kappa shape index (κ1) is 16.2. The molecule has 1 atom stereocenters. The molecule has 0 aliphatic rings. The van der Waals surface area contributed by atoms with E-state index in [1.54, 1.807) is 13.1 Å². The van der Waals surface area contributed by atoms with Gasteiger partial charge < -0.3 is 15.2 Å². The average molecular weight is 335 g/mol. The predicted molar refractivity (Wildman–Crippen MR) is 69.9 cm³/mol. The van der Waals surface area contributed by atoms with Gasteiger partial charge in [0, 0.05) is 11.1 Å². The molecule has 2 aromatic rings. The first-order valence-electron chi connectivity index (χ1n) is 6.12. The summed E-state index contributed by atoms with van der Waals surface area (Å²) in [5.41, 5.74) is 0. The fourth-order valence-electron chi connectivity index (χ4n) is 1.48. The zero-order valence-electron chi connectivity index (χ0n) is 11.6. The van der Waals surface area contributed by atoms with Gasteiger partial charge in [-0.25, -0.2) is 9.78 Å². The number of hydrogen-bond donors (Lipinski definition) is 2. The first-order chi connectivity index (χ1) is 10.3. The van der Waals surface area contributed by atoms with Gasteiger partial charge in [-0.3, -0.25) is 0 Å². The summed E-state index contributed by atoms with van der Waals surface area (Å²) in [5, 5.41) is 8.45. The van der Waals surface area contributed by atoms with Gasteiger partial charge in [-0.05, 0) is 13.8 Å². The van der Waals surface area contributed by atoms with E-state index in [0.29, 0.717) is 0 Å². The fourth-order valence-corrected chi connectivity index (χ4v) is 2.26. The maximum absolute atomic E-state index is 12.3. The zero-order chi connectivity index (χ0) is 16.3. The molecule has 1 unspecified atom stereocenters. The van der Waals surface area contributed by atoms with Crippen LogP contribution in [-0.4, -0.2) is 21.2 Å². The summed E-state index contributed by atoms with van der Waals surface area (Å²) in [6.07, 6.45) is -2.99. The molecule has 2 amide bonds. The van der Waals surface area contributed by atoms with Crippen molar-refractivity contribution in [3.05, 3.63) is 27.8 Å². The third kappa shape index (κ3) is 4.16. The van der Waals surface area contributed by atoms with Gasteiger partial charge in [0.05, 0.1) is 12.6 Å². The summed E-state index contributed by atoms with van der Waals surface area (Å²) < 4.78 is 41.2. The van der Waals surface area contributed by atoms with Crippen LogP contribution in [-0.2, 0) is 12.7 Å². The van der Waals surface area contributed by atoms with Crippen LogP contribution >= 0.6 is 11.3 Å². The molecule has 0 aromatic carbocycles. The van der Waals surface area contributed by atoms with Gasteiger partial charge in [-0.1, -0.05) is 5.16 Å². The smallest absolute Gasteiger partial charge is 0.337 e. The van der Waals surface area contributed by atoms with Crippen molar-refractivity contribution in [3.63, 3.8) is 0 Å². The number of carbonyl (C=O) groups is 1. The second kappa shape index (κ2) is 6.30. The number of nitrogens with zero attached hydrogens (tertiary/aromatic N) is 3. The monoisotopic (exact) mass is 335 g/mol. The standard InChI is InChI=1S/C11H12F3N5O2S/c1-5-3-15-8(22-5)6(2)17-10(20)16-4-7-18-9(19-21-7)11(12,13)14/h3,6H,4H2,1-2H3,(H2,16,17,20). The number of aryl methyl sites for hydroxylation is 1. The number of amides is 2. The maximum Gasteiger partial charge on any atom is 0.455 e. The third-order valence-electron chi connectivity index (χ3n) is 2.48. The SMILES string of the molecule is Cc1cnc(C(C)NC(=O)NCc2nc(C(F)(F)F)no2)s1. The van der Waals surface area contributed by atoms with Gasteiger partial charge in [0.25, 0.3) is 5.82 Å². The van der Waals surface area contributed by atoms with E-state index < -0.39 is 18.0 Å². The Morgan fingerprint density at radius 3 is 2.77 bits per heavy atom. The molecule has 0 saturated heterocycles. The van der Waals surface area contributed by atoms with E-state index in [-0.39, 0.29) is 18.5 Å². The van der Waals surface area contributed by atoms with Crippen LogP contribution in [0.5, 0.6) is 0 Å². The number of urea groups is 1. The Hall–Kier alpha value is -2.17. The Labute approximate surface area is 126 Å². The highest BCUT2D eigenvalue weighted by Gasteiger charge is 2.37. The van der Waals surface area contributed by atoms with E-state index in [9.17, 15) is 18.0 Å². The van der Waals surface area contributed by atoms with Gasteiger partial charge in [-0.15, -0.1) is 11.3 Å². The lowest BCUT2D eigenvalue weighted by Gasteiger charge is -2.11. The summed E-state index contributed by atoms with van der Waals surface area (Å²) in [6.45, 7) is 3.33. The molecule has 22 heavy (non-hydrogen) atoms. The molecule has 0 aliphatic carbocycles. The van der Waals surface area contributed by atoms with E-state index in [1.165, 1.54) is 11.3 Å². The Balaban J connectivity index is 1.84. The van der Waals surface area contributed by atoms with Crippen LogP contribution in [0.1, 0.15) is 34.6 Å². The van der Waals surface area contributed by atoms with Crippen LogP contribution in [0.4, 0.5) is 18.0 Å². The number of alkyl halides is 3. The van der Waals surface area contributed by atoms with Crippen LogP contribution in [0.3, 0.4) is 0 Å². The van der Waals surface area contributed by atoms with E-state index in [4.69, 9.17) is 0 Å². The second-order valence-corrected chi connectivity index (χ2v) is 5.63. The van der Waals surface area contributed by atoms with Crippen LogP contribution in [0.15, 0.2) is 10.7 Å². The molecule has 0 bridgehead atoms. The van der Waals surface area contributed by atoms with Crippen molar-refractivity contribution in [3.8, 4) is 0 Å². The molecule has 11 heteroatoms. The molecule has 2 N–H and O–H groups in total. The lowest BCUT2D eigenvalue weighted by atomic mass is 10.3. The lowest BCUT2D eigenvalue weighted by molar-refractivity contribution is -0.146. The molecular formula is C11H12F3N5O2S. The van der Waals surface area contributed by atoms with E-state index >= 15 is 0 Å². The average Bonchev–Trinajstić information content (AvgIpc) is 3.04. The molecule has 0 spiro atoms. The number of aromatic nitrogens is 3. The van der Waals surface area contributed by atoms with Crippen molar-refractivity contribution in [1.82, 2.24) is 25.8 Å². The second-order valence-electron chi connectivity index (χ2n) is 4.37. The van der Waals surface area contributed by atoms with Gasteiger partial charge in [0.2, 0.25) is 5.89 Å². The number of thiazole rings is 1. The summed E-state index contributed by atoms with van der Waals surface area (Å²) in [7, 11) is 0. The molecule has 0 saturated carbocycles. The number of rotatable bonds is 4. The van der Waals surface area contributed by atoms with Gasteiger partial charge in [0.1, 0.15) is 5.01 Å². The summed E-state index contributed by atoms with van der Waals surface area (Å²) in [5.74, 6) is -1.71. The fraction of sp³-hybridized carbons (Fsp3) is 0.455. The Morgan fingerprint density at radius 2 is 2.23 bits per heavy atom. The minimum atomic E-state index is -4.68. The van der Waals surface area contributed by atoms with Crippen LogP contribution < -0.4 is 10.6 Å². The molecular weight excluding hydrogens is 323 g/mol. The molecule has 0 fully saturated rings. The quantitative estimate of drug-likeness (QED) is 0.895. The van der Waals surface area contributed by atoms with Crippen molar-refractivity contribution in [2.24, 2.45) is 0 Å². The van der Waals surface area contributed by atoms with Crippen molar-refractivity contribution >= 4 is 17.4 Å². The molecule has 0 aliphatic heterocycles. The molecule has 2 rings (SSSR count). The number of hydrogen-bond acceptors (Lipinski definition) is 6. The van der Waals surface area contributed by atoms with Gasteiger partial charge >= 0.3 is 12.2 Å². The largest absolute Gasteiger partial charge is 0.455 e. The predicted octanol–water partition coefficient (Wildman–Crippen LogP) is 2.41. The summed E-state index contributed by atoms with van der Waals surface area (Å²) in [6, 6.07) is -0.903. The minimum Gasteiger partial charge on any atom is -0.337 e. The Morgan fingerprint density at radius 1 is 1.50 bits per heavy atom. The van der Waals surface area contributed by atoms with Crippen molar-refractivity contribution in [2.75, 3.05) is 0 Å². The number of carbonyl (C=O) groups excluding carboxylic acids is 1. The third-order valence-corrected chi connectivity index (χ3v) is 3.57. The molecule has 0 radical (unpaired) electrons. The van der Waals surface area contributed by atoms with Crippen LogP contribution in [0.25, 0.3) is 0 Å². The number of nitrogens with one attached hydrogen (secondary N) is 2. The molecule has 2 aromatic heterocycles. The van der Waals surface area contributed by atoms with Gasteiger partial charge in [0.15, 0.2) is 0 Å². The summed E-state index contributed by atoms with van der Waals surface area (Å²) >= 11 is 1.44. The Kier molecular flexibility index (Phi) is 4.64. The van der Waals surface area contributed by atoms with E-state index in [1.807, 2.05) is 6.92 Å². The molecule has 7 nitrogen and oxygen atoms in total. The van der Waals surface area contributed by atoms with Crippen molar-refractivity contribution < 1.29 is 22.5 Å². The van der Waals surface area contributed by atoms with Crippen molar-refractivity contribution in [1.29, 1.82) is 0 Å². The highest BCUT2D eigenvalue weighted by molar-refractivity contribution is 7.11. The highest BCUT2D eigenvalue weighted by Crippen LogP contribution is 2.26. The lowest BCUT2D eigenvalue weighted by Crippen LogP contribution is -2.36. The maximum atomic E-state index is 12.3. The molecule has 2 heterocycles. The number of halogens is 3. The Bertz CT molecular complexity index is 654. The minimum absolute atomic E-state index is 0.307. The normalized spacial score (nSPS) is 13.0. The molecule has 120 valence electrons. The van der Waals surface area contributed by atoms with Crippen molar-refractivity contribution in [2.45, 2.75) is 32.6 Å². The van der Waals surface area contributed by atoms with Crippen LogP contribution in [0, 0.1) is 6.92 Å². The highest BCUT2D eigenvalue weighted by atomic mass is 32.1. The van der Waals surface area contributed by atoms with Gasteiger partial charge in [-0.2, -0.15) is 18.2 Å². The van der Waals surface area contributed by atoms with Crippen LogP contribution in [0.2, 0.25) is 0 Å². The summed E-state index contributed by atoms with van der Waals surface area (Å²) in [4.78, 5) is 19.9. The topological polar surface area (TPSA) is 92.9 Å². The van der Waals surface area contributed by atoms with E-state index in [0.717, 1.165) is 9.88 Å². The zero-order valence-corrected chi connectivity index (χ0v) is 12.4. The van der Waals surface area contributed by atoms with E-state index in [2.05, 4.69) is 30.3 Å². The first-order valence-corrected chi connectivity index (χ1v) is 6.94.